The van der Waals surface area contributed by atoms with E-state index >= 15 is 0 Å². The highest BCUT2D eigenvalue weighted by Crippen LogP contribution is 2.23. The Labute approximate surface area is 142 Å². The van der Waals surface area contributed by atoms with Crippen molar-refractivity contribution in [3.05, 3.63) is 30.5 Å². The fraction of sp³-hybridized carbons (Fsp3) is 0.562. The summed E-state index contributed by atoms with van der Waals surface area (Å²) < 4.78 is 26.7. The minimum absolute atomic E-state index is 0.298. The van der Waals surface area contributed by atoms with Gasteiger partial charge in [-0.15, -0.1) is 0 Å². The average molecular weight is 349 g/mol. The van der Waals surface area contributed by atoms with Gasteiger partial charge in [-0.05, 0) is 25.2 Å². The van der Waals surface area contributed by atoms with E-state index < -0.39 is 10.0 Å². The fourth-order valence-corrected chi connectivity index (χ4v) is 3.97. The number of aromatic nitrogens is 4. The largest absolute Gasteiger partial charge is 0.272 e. The van der Waals surface area contributed by atoms with Crippen LogP contribution in [0.4, 0.5) is 0 Å². The van der Waals surface area contributed by atoms with E-state index in [0.717, 1.165) is 42.8 Å². The number of rotatable bonds is 6. The van der Waals surface area contributed by atoms with Crippen molar-refractivity contribution in [3.8, 4) is 11.3 Å². The van der Waals surface area contributed by atoms with Gasteiger partial charge >= 0.3 is 0 Å². The molecule has 3 rings (SSSR count). The smallest absolute Gasteiger partial charge is 0.211 e. The van der Waals surface area contributed by atoms with Gasteiger partial charge in [0.1, 0.15) is 0 Å². The molecular formula is C16H23N5O2S. The molecule has 1 aliphatic heterocycles. The molecule has 7 nitrogen and oxygen atoms in total. The molecule has 0 unspecified atom stereocenters. The Morgan fingerprint density at radius 1 is 1.29 bits per heavy atom. The second-order valence-electron chi connectivity index (χ2n) is 6.37. The molecule has 130 valence electrons. The van der Waals surface area contributed by atoms with Gasteiger partial charge in [0, 0.05) is 37.6 Å². The summed E-state index contributed by atoms with van der Waals surface area (Å²) in [5.74, 6) is 0.298. The number of hydrogen-bond donors (Lipinski definition) is 0. The highest BCUT2D eigenvalue weighted by molar-refractivity contribution is 7.88. The lowest BCUT2D eigenvalue weighted by atomic mass is 10.0. The van der Waals surface area contributed by atoms with Crippen molar-refractivity contribution in [1.29, 1.82) is 0 Å². The van der Waals surface area contributed by atoms with Crippen LogP contribution in [0, 0.1) is 5.92 Å². The third-order valence-electron chi connectivity index (χ3n) is 4.28. The van der Waals surface area contributed by atoms with Crippen LogP contribution in [-0.4, -0.2) is 51.8 Å². The Morgan fingerprint density at radius 2 is 2.12 bits per heavy atom. The van der Waals surface area contributed by atoms with Crippen LogP contribution in [0.2, 0.25) is 0 Å². The zero-order chi connectivity index (χ0) is 17.2. The van der Waals surface area contributed by atoms with E-state index in [9.17, 15) is 8.42 Å². The first-order chi connectivity index (χ1) is 11.5. The minimum atomic E-state index is -3.10. The topological polar surface area (TPSA) is 81.0 Å². The Bertz CT molecular complexity index is 802. The van der Waals surface area contributed by atoms with Crippen LogP contribution in [0.5, 0.6) is 0 Å². The molecule has 0 N–H and O–H groups in total. The fourth-order valence-electron chi connectivity index (χ4n) is 3.05. The maximum atomic E-state index is 11.6. The van der Waals surface area contributed by atoms with Crippen molar-refractivity contribution in [1.82, 2.24) is 24.1 Å². The summed E-state index contributed by atoms with van der Waals surface area (Å²) >= 11 is 0. The van der Waals surface area contributed by atoms with Crippen molar-refractivity contribution in [2.45, 2.75) is 32.7 Å². The molecule has 0 amide bonds. The normalized spacial score (nSPS) is 19.0. The van der Waals surface area contributed by atoms with Crippen LogP contribution >= 0.6 is 0 Å². The van der Waals surface area contributed by atoms with Crippen molar-refractivity contribution >= 4 is 10.0 Å². The van der Waals surface area contributed by atoms with Crippen LogP contribution in [0.3, 0.4) is 0 Å². The molecule has 0 radical (unpaired) electrons. The van der Waals surface area contributed by atoms with Gasteiger partial charge in [0.15, 0.2) is 0 Å². The standard InChI is InChI=1S/C16H23N5O2S/c1-3-5-20-12-14(8-18-20)16-10-17-9-15(19-16)7-13-4-6-21(11-13)24(2,22)23/h8-10,12-13H,3-7,11H2,1-2H3/t13-/m1/s1. The lowest BCUT2D eigenvalue weighted by Crippen LogP contribution is -2.27. The molecule has 24 heavy (non-hydrogen) atoms. The van der Waals surface area contributed by atoms with Gasteiger partial charge in [-0.3, -0.25) is 9.67 Å². The van der Waals surface area contributed by atoms with E-state index in [-0.39, 0.29) is 0 Å². The SMILES string of the molecule is CCCn1cc(-c2cncc(C[C@H]3CCN(S(C)(=O)=O)C3)n2)cn1. The zero-order valence-corrected chi connectivity index (χ0v) is 14.9. The summed E-state index contributed by atoms with van der Waals surface area (Å²) in [5.41, 5.74) is 2.67. The monoisotopic (exact) mass is 349 g/mol. The Morgan fingerprint density at radius 3 is 2.83 bits per heavy atom. The van der Waals surface area contributed by atoms with Crippen molar-refractivity contribution in [2.75, 3.05) is 19.3 Å². The second-order valence-corrected chi connectivity index (χ2v) is 8.35. The van der Waals surface area contributed by atoms with E-state index in [2.05, 4.69) is 22.0 Å². The van der Waals surface area contributed by atoms with Gasteiger partial charge in [-0.1, -0.05) is 6.92 Å². The number of aryl methyl sites for hydroxylation is 1. The molecule has 1 saturated heterocycles. The van der Waals surface area contributed by atoms with Crippen molar-refractivity contribution in [2.24, 2.45) is 5.92 Å². The van der Waals surface area contributed by atoms with Crippen LogP contribution in [-0.2, 0) is 23.0 Å². The molecular weight excluding hydrogens is 326 g/mol. The molecule has 1 aliphatic rings. The van der Waals surface area contributed by atoms with Crippen molar-refractivity contribution < 1.29 is 8.42 Å². The first-order valence-corrected chi connectivity index (χ1v) is 10.1. The first kappa shape index (κ1) is 17.0. The predicted molar refractivity (Wildman–Crippen MR) is 91.8 cm³/mol. The molecule has 0 aromatic carbocycles. The maximum Gasteiger partial charge on any atom is 0.211 e. The molecule has 0 spiro atoms. The third kappa shape index (κ3) is 3.99. The van der Waals surface area contributed by atoms with Crippen LogP contribution < -0.4 is 0 Å². The lowest BCUT2D eigenvalue weighted by molar-refractivity contribution is 0.459. The average Bonchev–Trinajstić information content (AvgIpc) is 3.17. The molecule has 1 fully saturated rings. The summed E-state index contributed by atoms with van der Waals surface area (Å²) in [6.07, 6.45) is 11.2. The molecule has 0 bridgehead atoms. The maximum absolute atomic E-state index is 11.6. The van der Waals surface area contributed by atoms with Gasteiger partial charge in [0.25, 0.3) is 0 Å². The molecule has 2 aromatic heterocycles. The number of sulfonamides is 1. The van der Waals surface area contributed by atoms with E-state index in [0.29, 0.717) is 19.0 Å². The molecule has 0 aliphatic carbocycles. The van der Waals surface area contributed by atoms with Gasteiger partial charge in [0.05, 0.1) is 30.0 Å². The Kier molecular flexibility index (Phi) is 4.96. The number of nitrogens with zero attached hydrogens (tertiary/aromatic N) is 5. The Balaban J connectivity index is 1.69. The summed E-state index contributed by atoms with van der Waals surface area (Å²) in [6, 6.07) is 0. The molecule has 3 heterocycles. The van der Waals surface area contributed by atoms with Gasteiger partial charge in [-0.2, -0.15) is 5.10 Å². The summed E-state index contributed by atoms with van der Waals surface area (Å²) in [7, 11) is -3.10. The quantitative estimate of drug-likeness (QED) is 0.791. The summed E-state index contributed by atoms with van der Waals surface area (Å²) in [5, 5.41) is 4.33. The Hall–Kier alpha value is -1.80. The predicted octanol–water partition coefficient (Wildman–Crippen LogP) is 1.57. The van der Waals surface area contributed by atoms with Crippen LogP contribution in [0.1, 0.15) is 25.5 Å². The van der Waals surface area contributed by atoms with E-state index in [4.69, 9.17) is 0 Å². The highest BCUT2D eigenvalue weighted by atomic mass is 32.2. The highest BCUT2D eigenvalue weighted by Gasteiger charge is 2.28. The van der Waals surface area contributed by atoms with Gasteiger partial charge < -0.3 is 0 Å². The molecule has 8 heteroatoms. The molecule has 0 saturated carbocycles. The van der Waals surface area contributed by atoms with Crippen LogP contribution in [0.25, 0.3) is 11.3 Å². The zero-order valence-electron chi connectivity index (χ0n) is 14.1. The second kappa shape index (κ2) is 6.98. The lowest BCUT2D eigenvalue weighted by Gasteiger charge is -2.13. The van der Waals surface area contributed by atoms with Gasteiger partial charge in [-0.25, -0.2) is 17.7 Å². The van der Waals surface area contributed by atoms with E-state index in [1.807, 2.05) is 17.1 Å². The van der Waals surface area contributed by atoms with E-state index in [1.54, 1.807) is 16.7 Å². The summed E-state index contributed by atoms with van der Waals surface area (Å²) in [6.45, 7) is 4.17. The van der Waals surface area contributed by atoms with Crippen molar-refractivity contribution in [3.63, 3.8) is 0 Å². The number of hydrogen-bond acceptors (Lipinski definition) is 5. The summed E-state index contributed by atoms with van der Waals surface area (Å²) in [4.78, 5) is 8.98. The minimum Gasteiger partial charge on any atom is -0.272 e. The van der Waals surface area contributed by atoms with Gasteiger partial charge in [0.2, 0.25) is 10.0 Å². The molecule has 1 atom stereocenters. The first-order valence-electron chi connectivity index (χ1n) is 8.24. The van der Waals surface area contributed by atoms with Crippen LogP contribution in [0.15, 0.2) is 24.8 Å². The molecule has 2 aromatic rings. The third-order valence-corrected chi connectivity index (χ3v) is 5.55. The van der Waals surface area contributed by atoms with E-state index in [1.165, 1.54) is 6.26 Å².